The first-order chi connectivity index (χ1) is 25.2. The van der Waals surface area contributed by atoms with E-state index in [0.717, 1.165) is 49.8 Å². The molecule has 0 saturated heterocycles. The Morgan fingerprint density at radius 1 is 0.373 bits per heavy atom. The molecule has 0 fully saturated rings. The van der Waals surface area contributed by atoms with E-state index in [-0.39, 0.29) is 0 Å². The second-order valence-electron chi connectivity index (χ2n) is 12.8. The van der Waals surface area contributed by atoms with Crippen LogP contribution in [-0.2, 0) is 0 Å². The molecule has 0 aliphatic rings. The summed E-state index contributed by atoms with van der Waals surface area (Å²) < 4.78 is 11.8. The minimum atomic E-state index is 0.612. The lowest BCUT2D eigenvalue weighted by molar-refractivity contribution is 0.670. The highest BCUT2D eigenvalue weighted by molar-refractivity contribution is 7.26. The molecule has 0 saturated carbocycles. The van der Waals surface area contributed by atoms with Gasteiger partial charge in [0.25, 0.3) is 0 Å². The fourth-order valence-electron chi connectivity index (χ4n) is 7.36. The van der Waals surface area contributed by atoms with Gasteiger partial charge in [-0.1, -0.05) is 121 Å². The molecule has 6 heteroatoms. The van der Waals surface area contributed by atoms with Crippen LogP contribution in [0.3, 0.4) is 0 Å². The summed E-state index contributed by atoms with van der Waals surface area (Å²) in [6.45, 7) is 0. The minimum Gasteiger partial charge on any atom is -0.455 e. The zero-order valence-electron chi connectivity index (χ0n) is 27.0. The van der Waals surface area contributed by atoms with Gasteiger partial charge >= 0.3 is 0 Å². The lowest BCUT2D eigenvalue weighted by atomic mass is 9.99. The summed E-state index contributed by atoms with van der Waals surface area (Å²) in [6.07, 6.45) is 0. The molecule has 11 rings (SSSR count). The van der Waals surface area contributed by atoms with Crippen molar-refractivity contribution in [2.45, 2.75) is 0 Å². The summed E-state index contributed by atoms with van der Waals surface area (Å²) in [5, 5.41) is 7.12. The number of nitrogens with zero attached hydrogens (tertiary/aromatic N) is 3. The molecule has 238 valence electrons. The van der Waals surface area contributed by atoms with Gasteiger partial charge in [0.1, 0.15) is 11.2 Å². The lowest BCUT2D eigenvalue weighted by Crippen LogP contribution is -2.00. The Balaban J connectivity index is 1.11. The largest absolute Gasteiger partial charge is 0.455 e. The van der Waals surface area contributed by atoms with Gasteiger partial charge in [0.2, 0.25) is 0 Å². The highest BCUT2D eigenvalue weighted by atomic mass is 32.1. The van der Waals surface area contributed by atoms with Gasteiger partial charge in [-0.15, -0.1) is 22.7 Å². The molecule has 0 radical (unpaired) electrons. The smallest absolute Gasteiger partial charge is 0.164 e. The highest BCUT2D eigenvalue weighted by Gasteiger charge is 2.20. The van der Waals surface area contributed by atoms with E-state index >= 15 is 0 Å². The predicted molar refractivity (Wildman–Crippen MR) is 215 cm³/mol. The normalized spacial score (nSPS) is 11.9. The zero-order valence-corrected chi connectivity index (χ0v) is 28.6. The highest BCUT2D eigenvalue weighted by Crippen LogP contribution is 2.43. The second kappa shape index (κ2) is 11.2. The summed E-state index contributed by atoms with van der Waals surface area (Å²) in [6, 6.07) is 53.1. The number of benzene rings is 7. The maximum Gasteiger partial charge on any atom is 0.164 e. The van der Waals surface area contributed by atoms with Crippen LogP contribution in [0.4, 0.5) is 0 Å². The van der Waals surface area contributed by atoms with Gasteiger partial charge in [0.15, 0.2) is 17.5 Å². The van der Waals surface area contributed by atoms with Gasteiger partial charge in [-0.2, -0.15) is 0 Å². The monoisotopic (exact) mass is 687 g/mol. The fraction of sp³-hybridized carbons (Fsp3) is 0. The van der Waals surface area contributed by atoms with Gasteiger partial charge in [0.05, 0.1) is 0 Å². The van der Waals surface area contributed by atoms with E-state index in [2.05, 4.69) is 109 Å². The molecule has 4 aromatic heterocycles. The molecule has 0 spiro atoms. The molecule has 0 aliphatic carbocycles. The third-order valence-corrected chi connectivity index (χ3v) is 12.0. The predicted octanol–water partition coefficient (Wildman–Crippen LogP) is 13.2. The van der Waals surface area contributed by atoms with Crippen molar-refractivity contribution >= 4 is 85.0 Å². The van der Waals surface area contributed by atoms with Crippen molar-refractivity contribution in [3.8, 4) is 45.3 Å². The molecule has 7 aromatic carbocycles. The molecule has 4 nitrogen and oxygen atoms in total. The topological polar surface area (TPSA) is 51.8 Å². The molecule has 4 heterocycles. The first kappa shape index (κ1) is 28.6. The number of rotatable bonds is 4. The molecular formula is C45H25N3OS2. The van der Waals surface area contributed by atoms with E-state index in [1.807, 2.05) is 53.8 Å². The molecule has 0 unspecified atom stereocenters. The standard InChI is InChI=1S/C45H25N3OS2/c1-2-10-26(11-3-1)43-46-44(28-21-23-33-31-13-5-7-19-38(31)51-40(33)25-28)48-45(47-43)35-16-9-17-36-41(35)34-15-8-14-29(42(34)49-36)27-20-22-32-30-12-4-6-18-37(30)50-39(32)24-27/h1-25H. The quantitative estimate of drug-likeness (QED) is 0.185. The summed E-state index contributed by atoms with van der Waals surface area (Å²) in [5.74, 6) is 1.88. The summed E-state index contributed by atoms with van der Waals surface area (Å²) >= 11 is 3.62. The summed E-state index contributed by atoms with van der Waals surface area (Å²) in [4.78, 5) is 15.3. The molecule has 0 amide bonds. The first-order valence-electron chi connectivity index (χ1n) is 16.8. The average molecular weight is 688 g/mol. The van der Waals surface area contributed by atoms with Crippen LogP contribution >= 0.6 is 22.7 Å². The maximum atomic E-state index is 6.71. The fourth-order valence-corrected chi connectivity index (χ4v) is 9.65. The van der Waals surface area contributed by atoms with E-state index in [9.17, 15) is 0 Å². The van der Waals surface area contributed by atoms with Gasteiger partial charge < -0.3 is 4.42 Å². The Bertz CT molecular complexity index is 3160. The third-order valence-electron chi connectivity index (χ3n) is 9.76. The Kier molecular flexibility index (Phi) is 6.26. The first-order valence-corrected chi connectivity index (χ1v) is 18.5. The SMILES string of the molecule is c1ccc(-c2nc(-c3ccc4c(c3)sc3ccccc34)nc(-c3cccc4oc5c(-c6ccc7c(c6)sc6ccccc67)cccc5c34)n2)cc1. The van der Waals surface area contributed by atoms with E-state index in [1.165, 1.54) is 40.3 Å². The molecule has 51 heavy (non-hydrogen) atoms. The Morgan fingerprint density at radius 3 is 1.67 bits per heavy atom. The van der Waals surface area contributed by atoms with Crippen molar-refractivity contribution < 1.29 is 4.42 Å². The van der Waals surface area contributed by atoms with Crippen molar-refractivity contribution in [3.05, 3.63) is 152 Å². The third kappa shape index (κ3) is 4.54. The number of furan rings is 1. The number of aromatic nitrogens is 3. The number of para-hydroxylation sites is 1. The van der Waals surface area contributed by atoms with Crippen LogP contribution in [0.2, 0.25) is 0 Å². The lowest BCUT2D eigenvalue weighted by Gasteiger charge is -2.09. The van der Waals surface area contributed by atoms with Crippen LogP contribution in [0.15, 0.2) is 156 Å². The molecule has 11 aromatic rings. The summed E-state index contributed by atoms with van der Waals surface area (Å²) in [7, 11) is 0. The molecular weight excluding hydrogens is 663 g/mol. The van der Waals surface area contributed by atoms with Crippen LogP contribution in [0, 0.1) is 0 Å². The number of fused-ring (bicyclic) bond motifs is 9. The van der Waals surface area contributed by atoms with Crippen LogP contribution in [-0.4, -0.2) is 15.0 Å². The Labute approximate surface area is 299 Å². The summed E-state index contributed by atoms with van der Waals surface area (Å²) in [5.41, 5.74) is 6.65. The molecule has 0 aliphatic heterocycles. The van der Waals surface area contributed by atoms with Crippen molar-refractivity contribution in [2.24, 2.45) is 0 Å². The van der Waals surface area contributed by atoms with Gasteiger partial charge in [-0.3, -0.25) is 0 Å². The Morgan fingerprint density at radius 2 is 0.922 bits per heavy atom. The van der Waals surface area contributed by atoms with Crippen molar-refractivity contribution in [1.82, 2.24) is 15.0 Å². The van der Waals surface area contributed by atoms with E-state index in [1.54, 1.807) is 11.3 Å². The van der Waals surface area contributed by atoms with Crippen molar-refractivity contribution in [2.75, 3.05) is 0 Å². The van der Waals surface area contributed by atoms with Crippen LogP contribution in [0.5, 0.6) is 0 Å². The second-order valence-corrected chi connectivity index (χ2v) is 14.9. The zero-order chi connectivity index (χ0) is 33.5. The molecule has 0 atom stereocenters. The van der Waals surface area contributed by atoms with Crippen LogP contribution in [0.25, 0.3) is 108 Å². The average Bonchev–Trinajstić information content (AvgIpc) is 3.88. The number of hydrogen-bond donors (Lipinski definition) is 0. The van der Waals surface area contributed by atoms with Crippen LogP contribution < -0.4 is 0 Å². The van der Waals surface area contributed by atoms with Crippen molar-refractivity contribution in [3.63, 3.8) is 0 Å². The Hall–Kier alpha value is -6.21. The van der Waals surface area contributed by atoms with E-state index in [0.29, 0.717) is 17.5 Å². The molecule has 0 bridgehead atoms. The van der Waals surface area contributed by atoms with Crippen LogP contribution in [0.1, 0.15) is 0 Å². The maximum absolute atomic E-state index is 6.71. The van der Waals surface area contributed by atoms with Gasteiger partial charge in [0, 0.05) is 73.4 Å². The van der Waals surface area contributed by atoms with E-state index < -0.39 is 0 Å². The minimum absolute atomic E-state index is 0.612. The number of thiophene rings is 2. The molecule has 0 N–H and O–H groups in total. The van der Waals surface area contributed by atoms with Gasteiger partial charge in [-0.25, -0.2) is 15.0 Å². The number of hydrogen-bond acceptors (Lipinski definition) is 6. The van der Waals surface area contributed by atoms with E-state index in [4.69, 9.17) is 19.4 Å². The van der Waals surface area contributed by atoms with Crippen molar-refractivity contribution in [1.29, 1.82) is 0 Å². The van der Waals surface area contributed by atoms with Gasteiger partial charge in [-0.05, 0) is 35.9 Å².